The minimum atomic E-state index is 0.0387. The van der Waals surface area contributed by atoms with Gasteiger partial charge in [0, 0.05) is 6.04 Å². The lowest BCUT2D eigenvalue weighted by molar-refractivity contribution is 0.0975. The van der Waals surface area contributed by atoms with E-state index in [4.69, 9.17) is 14.9 Å². The van der Waals surface area contributed by atoms with Crippen LogP contribution in [0.2, 0.25) is 0 Å². The standard InChI is InChI=1S/C13H16N2O2/c14-9-5-1-3-7-11(9)16-13-15-10-6-2-4-8-12(10)17-13/h2,4,6,8-9,11H,1,3,5,7,14H2. The molecule has 1 aromatic carbocycles. The molecule has 4 nitrogen and oxygen atoms in total. The Morgan fingerprint density at radius 2 is 2.06 bits per heavy atom. The molecule has 0 aliphatic heterocycles. The molecule has 0 spiro atoms. The number of para-hydroxylation sites is 2. The third kappa shape index (κ3) is 2.13. The molecule has 0 saturated heterocycles. The molecule has 0 amide bonds. The third-order valence-electron chi connectivity index (χ3n) is 3.28. The summed E-state index contributed by atoms with van der Waals surface area (Å²) in [5.74, 6) is 0. The molecular weight excluding hydrogens is 216 g/mol. The molecule has 1 heterocycles. The largest absolute Gasteiger partial charge is 0.445 e. The van der Waals surface area contributed by atoms with Crippen LogP contribution in [-0.4, -0.2) is 17.1 Å². The van der Waals surface area contributed by atoms with Gasteiger partial charge in [-0.05, 0) is 31.4 Å². The number of oxazole rings is 1. The predicted molar refractivity (Wildman–Crippen MR) is 64.9 cm³/mol. The normalized spacial score (nSPS) is 25.0. The molecule has 4 heteroatoms. The van der Waals surface area contributed by atoms with Crippen molar-refractivity contribution in [1.82, 2.24) is 4.98 Å². The summed E-state index contributed by atoms with van der Waals surface area (Å²) < 4.78 is 11.3. The van der Waals surface area contributed by atoms with Crippen LogP contribution in [0.5, 0.6) is 6.08 Å². The first-order valence-corrected chi connectivity index (χ1v) is 6.11. The van der Waals surface area contributed by atoms with Crippen molar-refractivity contribution in [1.29, 1.82) is 0 Å². The highest BCUT2D eigenvalue weighted by atomic mass is 16.6. The number of benzene rings is 1. The van der Waals surface area contributed by atoms with Crippen LogP contribution < -0.4 is 10.5 Å². The van der Waals surface area contributed by atoms with Gasteiger partial charge in [-0.1, -0.05) is 18.6 Å². The Morgan fingerprint density at radius 1 is 1.24 bits per heavy atom. The van der Waals surface area contributed by atoms with Crippen LogP contribution in [-0.2, 0) is 0 Å². The molecule has 2 atom stereocenters. The Morgan fingerprint density at radius 3 is 2.88 bits per heavy atom. The van der Waals surface area contributed by atoms with Crippen molar-refractivity contribution in [3.8, 4) is 6.08 Å². The summed E-state index contributed by atoms with van der Waals surface area (Å²) in [6.45, 7) is 0. The molecule has 3 rings (SSSR count). The summed E-state index contributed by atoms with van der Waals surface area (Å²) >= 11 is 0. The van der Waals surface area contributed by atoms with Crippen LogP contribution in [0.4, 0.5) is 0 Å². The van der Waals surface area contributed by atoms with E-state index in [1.54, 1.807) is 0 Å². The maximum atomic E-state index is 6.03. The third-order valence-corrected chi connectivity index (χ3v) is 3.28. The number of hydrogen-bond acceptors (Lipinski definition) is 4. The number of rotatable bonds is 2. The highest BCUT2D eigenvalue weighted by Crippen LogP contribution is 2.25. The molecule has 17 heavy (non-hydrogen) atoms. The van der Waals surface area contributed by atoms with E-state index < -0.39 is 0 Å². The second-order valence-corrected chi connectivity index (χ2v) is 4.55. The summed E-state index contributed by atoms with van der Waals surface area (Å²) in [7, 11) is 0. The minimum Gasteiger partial charge on any atom is -0.445 e. The van der Waals surface area contributed by atoms with Gasteiger partial charge < -0.3 is 14.9 Å². The van der Waals surface area contributed by atoms with E-state index in [1.807, 2.05) is 24.3 Å². The number of ether oxygens (including phenoxy) is 1. The molecule has 1 aliphatic rings. The summed E-state index contributed by atoms with van der Waals surface area (Å²) in [5.41, 5.74) is 7.61. The van der Waals surface area contributed by atoms with Gasteiger partial charge in [0.15, 0.2) is 5.58 Å². The first-order chi connectivity index (χ1) is 8.33. The lowest BCUT2D eigenvalue weighted by Crippen LogP contribution is -2.41. The molecule has 1 saturated carbocycles. The van der Waals surface area contributed by atoms with E-state index in [1.165, 1.54) is 12.8 Å². The van der Waals surface area contributed by atoms with Crippen LogP contribution in [0, 0.1) is 0 Å². The van der Waals surface area contributed by atoms with Gasteiger partial charge in [0.1, 0.15) is 11.6 Å². The Bertz CT molecular complexity index is 476. The van der Waals surface area contributed by atoms with Gasteiger partial charge in [0.2, 0.25) is 0 Å². The summed E-state index contributed by atoms with van der Waals surface area (Å²) in [4.78, 5) is 4.30. The van der Waals surface area contributed by atoms with E-state index >= 15 is 0 Å². The first kappa shape index (κ1) is 10.6. The Labute approximate surface area is 99.8 Å². The van der Waals surface area contributed by atoms with Crippen molar-refractivity contribution in [2.75, 3.05) is 0 Å². The van der Waals surface area contributed by atoms with Crippen molar-refractivity contribution in [2.45, 2.75) is 37.8 Å². The average Bonchev–Trinajstić information content (AvgIpc) is 2.74. The van der Waals surface area contributed by atoms with E-state index in [9.17, 15) is 0 Å². The van der Waals surface area contributed by atoms with E-state index in [2.05, 4.69) is 4.98 Å². The average molecular weight is 232 g/mol. The monoisotopic (exact) mass is 232 g/mol. The maximum absolute atomic E-state index is 6.03. The predicted octanol–water partition coefficient (Wildman–Crippen LogP) is 2.48. The van der Waals surface area contributed by atoms with Gasteiger partial charge in [-0.3, -0.25) is 0 Å². The zero-order valence-electron chi connectivity index (χ0n) is 9.63. The second kappa shape index (κ2) is 4.37. The van der Waals surface area contributed by atoms with Crippen LogP contribution in [0.25, 0.3) is 11.1 Å². The zero-order valence-corrected chi connectivity index (χ0v) is 9.63. The molecule has 0 bridgehead atoms. The topological polar surface area (TPSA) is 61.3 Å². The Hall–Kier alpha value is -1.55. The number of fused-ring (bicyclic) bond motifs is 1. The molecular formula is C13H16N2O2. The van der Waals surface area contributed by atoms with Crippen molar-refractivity contribution in [3.05, 3.63) is 24.3 Å². The highest BCUT2D eigenvalue weighted by Gasteiger charge is 2.25. The van der Waals surface area contributed by atoms with Crippen LogP contribution in [0.15, 0.2) is 28.7 Å². The van der Waals surface area contributed by atoms with E-state index in [0.29, 0.717) is 6.08 Å². The molecule has 2 N–H and O–H groups in total. The van der Waals surface area contributed by atoms with Gasteiger partial charge in [0.05, 0.1) is 0 Å². The van der Waals surface area contributed by atoms with Gasteiger partial charge >= 0.3 is 6.08 Å². The summed E-state index contributed by atoms with van der Waals surface area (Å²) in [6, 6.07) is 7.74. The van der Waals surface area contributed by atoms with Crippen molar-refractivity contribution >= 4 is 11.1 Å². The van der Waals surface area contributed by atoms with Crippen molar-refractivity contribution in [2.24, 2.45) is 5.73 Å². The molecule has 2 unspecified atom stereocenters. The fraction of sp³-hybridized carbons (Fsp3) is 0.462. The summed E-state index contributed by atoms with van der Waals surface area (Å²) in [6.07, 6.45) is 4.74. The smallest absolute Gasteiger partial charge is 0.394 e. The van der Waals surface area contributed by atoms with Gasteiger partial charge in [-0.2, -0.15) is 4.98 Å². The number of nitrogens with zero attached hydrogens (tertiary/aromatic N) is 1. The minimum absolute atomic E-state index is 0.0387. The SMILES string of the molecule is NC1CCCCC1Oc1nc2ccccc2o1. The second-order valence-electron chi connectivity index (χ2n) is 4.55. The van der Waals surface area contributed by atoms with Gasteiger partial charge in [0.25, 0.3) is 0 Å². The van der Waals surface area contributed by atoms with Crippen LogP contribution >= 0.6 is 0 Å². The first-order valence-electron chi connectivity index (χ1n) is 6.11. The fourth-order valence-electron chi connectivity index (χ4n) is 2.30. The molecule has 90 valence electrons. The lowest BCUT2D eigenvalue weighted by Gasteiger charge is -2.27. The van der Waals surface area contributed by atoms with Gasteiger partial charge in [-0.25, -0.2) is 0 Å². The molecule has 2 aromatic rings. The maximum Gasteiger partial charge on any atom is 0.394 e. The van der Waals surface area contributed by atoms with Crippen LogP contribution in [0.3, 0.4) is 0 Å². The van der Waals surface area contributed by atoms with Crippen LogP contribution in [0.1, 0.15) is 25.7 Å². The van der Waals surface area contributed by atoms with Crippen molar-refractivity contribution < 1.29 is 9.15 Å². The summed E-state index contributed by atoms with van der Waals surface area (Å²) in [5, 5.41) is 0. The zero-order chi connectivity index (χ0) is 11.7. The molecule has 1 aromatic heterocycles. The molecule has 1 aliphatic carbocycles. The number of nitrogens with two attached hydrogens (primary N) is 1. The molecule has 1 fully saturated rings. The lowest BCUT2D eigenvalue weighted by atomic mass is 9.93. The molecule has 0 radical (unpaired) electrons. The Kier molecular flexibility index (Phi) is 2.73. The van der Waals surface area contributed by atoms with Gasteiger partial charge in [-0.15, -0.1) is 0 Å². The van der Waals surface area contributed by atoms with Crippen molar-refractivity contribution in [3.63, 3.8) is 0 Å². The fourth-order valence-corrected chi connectivity index (χ4v) is 2.30. The highest BCUT2D eigenvalue weighted by molar-refractivity contribution is 5.72. The number of hydrogen-bond donors (Lipinski definition) is 1. The number of aromatic nitrogens is 1. The van der Waals surface area contributed by atoms with E-state index in [0.717, 1.165) is 23.9 Å². The Balaban J connectivity index is 1.79. The van der Waals surface area contributed by atoms with E-state index in [-0.39, 0.29) is 12.1 Å². The quantitative estimate of drug-likeness (QED) is 0.864.